The zero-order valence-corrected chi connectivity index (χ0v) is 14.1. The molecule has 122 valence electrons. The van der Waals surface area contributed by atoms with Gasteiger partial charge in [-0.1, -0.05) is 24.3 Å². The summed E-state index contributed by atoms with van der Waals surface area (Å²) in [5.41, 5.74) is 1.91. The van der Waals surface area contributed by atoms with Crippen molar-refractivity contribution < 1.29 is 9.53 Å². The first-order chi connectivity index (χ1) is 11.2. The molecule has 1 aliphatic heterocycles. The lowest BCUT2D eigenvalue weighted by molar-refractivity contribution is 0.0555. The summed E-state index contributed by atoms with van der Waals surface area (Å²) in [7, 11) is 0. The molecule has 1 fully saturated rings. The molecule has 2 amide bonds. The van der Waals surface area contributed by atoms with E-state index in [4.69, 9.17) is 4.74 Å². The first-order valence-electron chi connectivity index (χ1n) is 7.98. The molecular formula is C18H22N2O2S. The minimum absolute atomic E-state index is 0.0444. The van der Waals surface area contributed by atoms with Crippen molar-refractivity contribution in [1.29, 1.82) is 0 Å². The second-order valence-electron chi connectivity index (χ2n) is 5.86. The van der Waals surface area contributed by atoms with Crippen molar-refractivity contribution in [2.45, 2.75) is 25.8 Å². The zero-order chi connectivity index (χ0) is 16.1. The van der Waals surface area contributed by atoms with Crippen LogP contribution in [0.4, 0.5) is 10.5 Å². The molecule has 1 aromatic heterocycles. The predicted octanol–water partition coefficient (Wildman–Crippen LogP) is 4.35. The molecule has 0 saturated carbocycles. The van der Waals surface area contributed by atoms with E-state index in [1.54, 1.807) is 11.3 Å². The van der Waals surface area contributed by atoms with Gasteiger partial charge in [0.1, 0.15) is 0 Å². The molecule has 1 unspecified atom stereocenters. The Morgan fingerprint density at radius 2 is 2.00 bits per heavy atom. The van der Waals surface area contributed by atoms with Gasteiger partial charge in [0.15, 0.2) is 0 Å². The van der Waals surface area contributed by atoms with Gasteiger partial charge in [0.2, 0.25) is 0 Å². The summed E-state index contributed by atoms with van der Waals surface area (Å²) in [6.45, 7) is 3.53. The van der Waals surface area contributed by atoms with Crippen LogP contribution in [0.15, 0.2) is 41.8 Å². The highest BCUT2D eigenvalue weighted by atomic mass is 32.1. The SMILES string of the molecule is Cc1ccccc1NC(=O)NC(c1cccs1)C1CCOCC1. The molecule has 2 aromatic rings. The van der Waals surface area contributed by atoms with E-state index in [9.17, 15) is 4.79 Å². The fourth-order valence-electron chi connectivity index (χ4n) is 2.95. The van der Waals surface area contributed by atoms with E-state index < -0.39 is 0 Å². The number of carbonyl (C=O) groups excluding carboxylic acids is 1. The van der Waals surface area contributed by atoms with Crippen LogP contribution in [-0.4, -0.2) is 19.2 Å². The molecule has 3 rings (SSSR count). The van der Waals surface area contributed by atoms with E-state index in [0.717, 1.165) is 37.3 Å². The lowest BCUT2D eigenvalue weighted by Crippen LogP contribution is -2.38. The molecule has 0 aliphatic carbocycles. The number of aryl methyl sites for hydroxylation is 1. The summed E-state index contributed by atoms with van der Waals surface area (Å²) >= 11 is 1.69. The summed E-state index contributed by atoms with van der Waals surface area (Å²) in [5, 5.41) is 8.19. The number of hydrogen-bond donors (Lipinski definition) is 2. The first-order valence-corrected chi connectivity index (χ1v) is 8.86. The Kier molecular flexibility index (Phi) is 5.31. The van der Waals surface area contributed by atoms with E-state index in [1.807, 2.05) is 37.3 Å². The van der Waals surface area contributed by atoms with Gasteiger partial charge in [0.05, 0.1) is 6.04 Å². The fraction of sp³-hybridized carbons (Fsp3) is 0.389. The van der Waals surface area contributed by atoms with E-state index >= 15 is 0 Å². The monoisotopic (exact) mass is 330 g/mol. The number of urea groups is 1. The van der Waals surface area contributed by atoms with Crippen LogP contribution in [0.25, 0.3) is 0 Å². The predicted molar refractivity (Wildman–Crippen MR) is 93.9 cm³/mol. The first kappa shape index (κ1) is 16.0. The smallest absolute Gasteiger partial charge is 0.319 e. The number of anilines is 1. The van der Waals surface area contributed by atoms with E-state index in [1.165, 1.54) is 4.88 Å². The Morgan fingerprint density at radius 1 is 1.22 bits per heavy atom. The Hall–Kier alpha value is -1.85. The summed E-state index contributed by atoms with van der Waals surface area (Å²) in [6.07, 6.45) is 1.96. The van der Waals surface area contributed by atoms with Crippen molar-refractivity contribution in [3.05, 3.63) is 52.2 Å². The zero-order valence-electron chi connectivity index (χ0n) is 13.2. The van der Waals surface area contributed by atoms with Crippen molar-refractivity contribution in [1.82, 2.24) is 5.32 Å². The minimum atomic E-state index is -0.149. The Labute approximate surface area is 140 Å². The molecule has 0 bridgehead atoms. The lowest BCUT2D eigenvalue weighted by atomic mass is 9.91. The van der Waals surface area contributed by atoms with Crippen molar-refractivity contribution in [3.63, 3.8) is 0 Å². The van der Waals surface area contributed by atoms with Crippen molar-refractivity contribution in [2.75, 3.05) is 18.5 Å². The Balaban J connectivity index is 1.70. The number of amides is 2. The number of carbonyl (C=O) groups is 1. The topological polar surface area (TPSA) is 50.4 Å². The molecule has 23 heavy (non-hydrogen) atoms. The number of benzene rings is 1. The third-order valence-electron chi connectivity index (χ3n) is 4.27. The fourth-order valence-corrected chi connectivity index (χ4v) is 3.82. The summed E-state index contributed by atoms with van der Waals surface area (Å²) < 4.78 is 5.46. The highest BCUT2D eigenvalue weighted by molar-refractivity contribution is 7.10. The number of ether oxygens (including phenoxy) is 1. The third kappa shape index (κ3) is 4.12. The molecule has 2 N–H and O–H groups in total. The van der Waals surface area contributed by atoms with Gasteiger partial charge in [-0.3, -0.25) is 0 Å². The Bertz CT molecular complexity index is 636. The largest absolute Gasteiger partial charge is 0.381 e. The van der Waals surface area contributed by atoms with Crippen LogP contribution < -0.4 is 10.6 Å². The second kappa shape index (κ2) is 7.62. The highest BCUT2D eigenvalue weighted by Gasteiger charge is 2.27. The van der Waals surface area contributed by atoms with Crippen LogP contribution in [0.1, 0.15) is 29.3 Å². The average Bonchev–Trinajstić information content (AvgIpc) is 3.10. The molecule has 1 aromatic carbocycles. The lowest BCUT2D eigenvalue weighted by Gasteiger charge is -2.30. The van der Waals surface area contributed by atoms with Crippen molar-refractivity contribution >= 4 is 23.1 Å². The van der Waals surface area contributed by atoms with Crippen LogP contribution in [0.2, 0.25) is 0 Å². The molecule has 5 heteroatoms. The van der Waals surface area contributed by atoms with E-state index in [2.05, 4.69) is 22.1 Å². The normalized spacial score (nSPS) is 16.7. The summed E-state index contributed by atoms with van der Waals surface area (Å²) in [6, 6.07) is 11.8. The molecule has 0 spiro atoms. The van der Waals surface area contributed by atoms with Gasteiger partial charge in [-0.2, -0.15) is 0 Å². The average molecular weight is 330 g/mol. The summed E-state index contributed by atoms with van der Waals surface area (Å²) in [5.74, 6) is 0.421. The number of para-hydroxylation sites is 1. The number of nitrogens with one attached hydrogen (secondary N) is 2. The highest BCUT2D eigenvalue weighted by Crippen LogP contribution is 2.32. The van der Waals surface area contributed by atoms with Gasteiger partial charge in [-0.25, -0.2) is 4.79 Å². The summed E-state index contributed by atoms with van der Waals surface area (Å²) in [4.78, 5) is 13.7. The van der Waals surface area contributed by atoms with Gasteiger partial charge in [0, 0.05) is 23.8 Å². The van der Waals surface area contributed by atoms with Gasteiger partial charge < -0.3 is 15.4 Å². The maximum atomic E-state index is 12.5. The van der Waals surface area contributed by atoms with Crippen LogP contribution in [0, 0.1) is 12.8 Å². The van der Waals surface area contributed by atoms with Gasteiger partial charge >= 0.3 is 6.03 Å². The maximum absolute atomic E-state index is 12.5. The Morgan fingerprint density at radius 3 is 2.70 bits per heavy atom. The van der Waals surface area contributed by atoms with Crippen molar-refractivity contribution in [3.8, 4) is 0 Å². The number of rotatable bonds is 4. The molecule has 1 atom stereocenters. The molecule has 2 heterocycles. The van der Waals surface area contributed by atoms with E-state index in [-0.39, 0.29) is 12.1 Å². The number of thiophene rings is 1. The second-order valence-corrected chi connectivity index (χ2v) is 6.84. The standard InChI is InChI=1S/C18H22N2O2S/c1-13-5-2-3-6-15(13)19-18(21)20-17(16-7-4-12-23-16)14-8-10-22-11-9-14/h2-7,12,14,17H,8-11H2,1H3,(H2,19,20,21). The maximum Gasteiger partial charge on any atom is 0.319 e. The van der Waals surface area contributed by atoms with Crippen LogP contribution in [-0.2, 0) is 4.74 Å². The van der Waals surface area contributed by atoms with Gasteiger partial charge in [-0.15, -0.1) is 11.3 Å². The minimum Gasteiger partial charge on any atom is -0.381 e. The molecule has 1 saturated heterocycles. The van der Waals surface area contributed by atoms with E-state index in [0.29, 0.717) is 5.92 Å². The molecule has 0 radical (unpaired) electrons. The molecule has 4 nitrogen and oxygen atoms in total. The van der Waals surface area contributed by atoms with Crippen LogP contribution in [0.5, 0.6) is 0 Å². The third-order valence-corrected chi connectivity index (χ3v) is 5.22. The van der Waals surface area contributed by atoms with Crippen LogP contribution >= 0.6 is 11.3 Å². The van der Waals surface area contributed by atoms with Gasteiger partial charge in [-0.05, 0) is 48.8 Å². The number of hydrogen-bond acceptors (Lipinski definition) is 3. The quantitative estimate of drug-likeness (QED) is 0.876. The van der Waals surface area contributed by atoms with Crippen LogP contribution in [0.3, 0.4) is 0 Å². The molecular weight excluding hydrogens is 308 g/mol. The molecule has 1 aliphatic rings. The van der Waals surface area contributed by atoms with Gasteiger partial charge in [0.25, 0.3) is 0 Å². The van der Waals surface area contributed by atoms with Crippen molar-refractivity contribution in [2.24, 2.45) is 5.92 Å².